The van der Waals surface area contributed by atoms with Crippen molar-refractivity contribution in [2.45, 2.75) is 6.61 Å². The SMILES string of the molecule is CSC(=Nc1ccccc1-c1nc(CO)cs1)NC#N. The van der Waals surface area contributed by atoms with Crippen LogP contribution in [0.3, 0.4) is 0 Å². The molecule has 0 aliphatic rings. The van der Waals surface area contributed by atoms with E-state index in [1.54, 1.807) is 0 Å². The summed E-state index contributed by atoms with van der Waals surface area (Å²) in [6.07, 6.45) is 3.71. The highest BCUT2D eigenvalue weighted by Crippen LogP contribution is 2.32. The van der Waals surface area contributed by atoms with Crippen LogP contribution in [0, 0.1) is 11.5 Å². The molecule has 1 aromatic heterocycles. The molecule has 2 N–H and O–H groups in total. The second-order valence-electron chi connectivity index (χ2n) is 3.68. The lowest BCUT2D eigenvalue weighted by Gasteiger charge is -2.04. The third-order valence-corrected chi connectivity index (χ3v) is 3.93. The highest BCUT2D eigenvalue weighted by Gasteiger charge is 2.09. The number of thioether (sulfide) groups is 1. The second-order valence-corrected chi connectivity index (χ2v) is 5.33. The lowest BCUT2D eigenvalue weighted by molar-refractivity contribution is 0.278. The molecule has 2 aromatic rings. The fourth-order valence-electron chi connectivity index (χ4n) is 1.54. The molecule has 0 fully saturated rings. The lowest BCUT2D eigenvalue weighted by Crippen LogP contribution is -2.12. The Labute approximate surface area is 125 Å². The molecule has 0 amide bonds. The van der Waals surface area contributed by atoms with Crippen LogP contribution in [0.2, 0.25) is 0 Å². The fourth-order valence-corrected chi connectivity index (χ4v) is 2.72. The summed E-state index contributed by atoms with van der Waals surface area (Å²) in [7, 11) is 0. The Kier molecular flexibility index (Phi) is 5.12. The van der Waals surface area contributed by atoms with Crippen molar-refractivity contribution in [2.24, 2.45) is 4.99 Å². The van der Waals surface area contributed by atoms with Crippen LogP contribution in [0.1, 0.15) is 5.69 Å². The summed E-state index contributed by atoms with van der Waals surface area (Å²) in [5, 5.41) is 23.4. The third kappa shape index (κ3) is 3.36. The number of aliphatic hydroxyl groups is 1. The Morgan fingerprint density at radius 2 is 2.35 bits per heavy atom. The standard InChI is InChI=1S/C13H12N4OS2/c1-19-13(15-8-14)17-11-5-3-2-4-10(11)12-16-9(6-18)7-20-12/h2-5,7,18H,6H2,1H3,(H,15,17). The van der Waals surface area contributed by atoms with Gasteiger partial charge < -0.3 is 5.11 Å². The Balaban J connectivity index is 2.43. The Morgan fingerprint density at radius 1 is 1.55 bits per heavy atom. The van der Waals surface area contributed by atoms with Crippen molar-refractivity contribution in [3.63, 3.8) is 0 Å². The van der Waals surface area contributed by atoms with Gasteiger partial charge in [0.15, 0.2) is 11.4 Å². The van der Waals surface area contributed by atoms with Gasteiger partial charge in [0, 0.05) is 10.9 Å². The zero-order valence-corrected chi connectivity index (χ0v) is 12.3. The molecule has 2 rings (SSSR count). The number of hydrogen-bond donors (Lipinski definition) is 2. The summed E-state index contributed by atoms with van der Waals surface area (Å²) in [4.78, 5) is 8.77. The van der Waals surface area contributed by atoms with E-state index in [-0.39, 0.29) is 6.61 Å². The van der Waals surface area contributed by atoms with E-state index in [9.17, 15) is 0 Å². The number of aromatic nitrogens is 1. The molecule has 1 aromatic carbocycles. The van der Waals surface area contributed by atoms with Crippen molar-refractivity contribution in [1.82, 2.24) is 10.3 Å². The molecule has 1 heterocycles. The summed E-state index contributed by atoms with van der Waals surface area (Å²) < 4.78 is 0. The van der Waals surface area contributed by atoms with Crippen molar-refractivity contribution in [3.05, 3.63) is 35.3 Å². The van der Waals surface area contributed by atoms with E-state index in [4.69, 9.17) is 10.4 Å². The van der Waals surface area contributed by atoms with Gasteiger partial charge in [-0.1, -0.05) is 23.9 Å². The van der Waals surface area contributed by atoms with Crippen LogP contribution in [0.5, 0.6) is 0 Å². The number of nitriles is 1. The first-order valence-corrected chi connectivity index (χ1v) is 7.81. The Bertz CT molecular complexity index is 660. The van der Waals surface area contributed by atoms with E-state index in [2.05, 4.69) is 15.3 Å². The number of thiazole rings is 1. The second kappa shape index (κ2) is 7.05. The van der Waals surface area contributed by atoms with Gasteiger partial charge in [-0.15, -0.1) is 11.3 Å². The monoisotopic (exact) mass is 304 g/mol. The average Bonchev–Trinajstić information content (AvgIpc) is 2.96. The molecule has 7 heteroatoms. The minimum atomic E-state index is -0.0754. The van der Waals surface area contributed by atoms with Crippen LogP contribution in [-0.2, 0) is 6.61 Å². The summed E-state index contributed by atoms with van der Waals surface area (Å²) >= 11 is 2.82. The van der Waals surface area contributed by atoms with E-state index in [0.717, 1.165) is 16.3 Å². The quantitative estimate of drug-likeness (QED) is 0.394. The summed E-state index contributed by atoms with van der Waals surface area (Å²) in [6.45, 7) is -0.0754. The molecule has 0 saturated heterocycles. The normalized spacial score (nSPS) is 11.2. The number of nitrogens with one attached hydrogen (secondary N) is 1. The van der Waals surface area contributed by atoms with Crippen LogP contribution < -0.4 is 5.32 Å². The van der Waals surface area contributed by atoms with E-state index < -0.39 is 0 Å². The third-order valence-electron chi connectivity index (χ3n) is 2.43. The smallest absolute Gasteiger partial charge is 0.183 e. The molecule has 0 saturated carbocycles. The first-order valence-electron chi connectivity index (χ1n) is 5.71. The highest BCUT2D eigenvalue weighted by molar-refractivity contribution is 8.13. The maximum Gasteiger partial charge on any atom is 0.183 e. The van der Waals surface area contributed by atoms with E-state index in [0.29, 0.717) is 10.9 Å². The molecular weight excluding hydrogens is 292 g/mol. The molecule has 0 spiro atoms. The number of nitrogens with zero attached hydrogens (tertiary/aromatic N) is 3. The van der Waals surface area contributed by atoms with E-state index in [1.165, 1.54) is 23.1 Å². The van der Waals surface area contributed by atoms with Gasteiger partial charge in [-0.3, -0.25) is 5.32 Å². The van der Waals surface area contributed by atoms with Crippen LogP contribution in [0.4, 0.5) is 5.69 Å². The number of aliphatic hydroxyl groups excluding tert-OH is 1. The predicted octanol–water partition coefficient (Wildman–Crippen LogP) is 2.72. The number of benzene rings is 1. The van der Waals surface area contributed by atoms with Gasteiger partial charge in [0.2, 0.25) is 0 Å². The summed E-state index contributed by atoms with van der Waals surface area (Å²) in [5.74, 6) is 0. The lowest BCUT2D eigenvalue weighted by atomic mass is 10.2. The summed E-state index contributed by atoms with van der Waals surface area (Å²) in [6, 6.07) is 7.58. The maximum atomic E-state index is 9.09. The maximum absolute atomic E-state index is 9.09. The zero-order chi connectivity index (χ0) is 14.4. The molecule has 20 heavy (non-hydrogen) atoms. The predicted molar refractivity (Wildman–Crippen MR) is 82.8 cm³/mol. The molecule has 0 radical (unpaired) electrons. The van der Waals surface area contributed by atoms with Gasteiger partial charge in [0.05, 0.1) is 18.0 Å². The number of aliphatic imine (C=N–C) groups is 1. The van der Waals surface area contributed by atoms with Crippen LogP contribution in [0.15, 0.2) is 34.6 Å². The molecule has 102 valence electrons. The van der Waals surface area contributed by atoms with Crippen molar-refractivity contribution in [3.8, 4) is 16.8 Å². The van der Waals surface area contributed by atoms with Gasteiger partial charge >= 0.3 is 0 Å². The van der Waals surface area contributed by atoms with Crippen molar-refractivity contribution in [1.29, 1.82) is 5.26 Å². The minimum Gasteiger partial charge on any atom is -0.390 e. The number of amidine groups is 1. The molecule has 0 unspecified atom stereocenters. The van der Waals surface area contributed by atoms with Gasteiger partial charge in [-0.25, -0.2) is 9.98 Å². The van der Waals surface area contributed by atoms with Crippen LogP contribution in [0.25, 0.3) is 10.6 Å². The van der Waals surface area contributed by atoms with E-state index >= 15 is 0 Å². The molecule has 0 aliphatic heterocycles. The number of para-hydroxylation sites is 1. The molecule has 0 aliphatic carbocycles. The van der Waals surface area contributed by atoms with Gasteiger partial charge in [-0.05, 0) is 18.4 Å². The largest absolute Gasteiger partial charge is 0.390 e. The highest BCUT2D eigenvalue weighted by atomic mass is 32.2. The van der Waals surface area contributed by atoms with Crippen LogP contribution in [-0.4, -0.2) is 21.5 Å². The van der Waals surface area contributed by atoms with Crippen molar-refractivity contribution >= 4 is 34.0 Å². The fraction of sp³-hybridized carbons (Fsp3) is 0.154. The molecule has 0 atom stereocenters. The topological polar surface area (TPSA) is 81.3 Å². The molecule has 5 nitrogen and oxygen atoms in total. The van der Waals surface area contributed by atoms with Gasteiger partial charge in [-0.2, -0.15) is 5.26 Å². The summed E-state index contributed by atoms with van der Waals surface area (Å²) in [5.41, 5.74) is 2.26. The van der Waals surface area contributed by atoms with Crippen molar-refractivity contribution < 1.29 is 5.11 Å². The van der Waals surface area contributed by atoms with Crippen molar-refractivity contribution in [2.75, 3.05) is 6.26 Å². The molecular formula is C13H12N4OS2. The minimum absolute atomic E-state index is 0.0754. The molecule has 0 bridgehead atoms. The first kappa shape index (κ1) is 14.5. The van der Waals surface area contributed by atoms with Gasteiger partial charge in [0.25, 0.3) is 0 Å². The number of hydrogen-bond acceptors (Lipinski definition) is 6. The number of rotatable bonds is 3. The first-order chi connectivity index (χ1) is 9.78. The Morgan fingerprint density at radius 3 is 3.00 bits per heavy atom. The van der Waals surface area contributed by atoms with Crippen LogP contribution >= 0.6 is 23.1 Å². The average molecular weight is 304 g/mol. The van der Waals surface area contributed by atoms with E-state index in [1.807, 2.05) is 42.1 Å². The Hall–Kier alpha value is -1.88. The van der Waals surface area contributed by atoms with Gasteiger partial charge in [0.1, 0.15) is 5.01 Å². The zero-order valence-electron chi connectivity index (χ0n) is 10.7.